The van der Waals surface area contributed by atoms with Gasteiger partial charge >= 0.3 is 0 Å². The van der Waals surface area contributed by atoms with Crippen molar-refractivity contribution in [3.8, 4) is 0 Å². The highest BCUT2D eigenvalue weighted by atomic mass is 32.1. The zero-order valence-electron chi connectivity index (χ0n) is 8.02. The van der Waals surface area contributed by atoms with E-state index in [4.69, 9.17) is 0 Å². The molecule has 0 radical (unpaired) electrons. The van der Waals surface area contributed by atoms with Crippen LogP contribution >= 0.6 is 11.3 Å². The maximum atomic E-state index is 10.1. The van der Waals surface area contributed by atoms with Crippen molar-refractivity contribution < 1.29 is 5.11 Å². The molecule has 2 fully saturated rings. The Morgan fingerprint density at radius 3 is 2.93 bits per heavy atom. The van der Waals surface area contributed by atoms with Crippen LogP contribution in [0.2, 0.25) is 0 Å². The maximum absolute atomic E-state index is 10.1. The Kier molecular flexibility index (Phi) is 1.90. The molecule has 14 heavy (non-hydrogen) atoms. The first-order valence-corrected chi connectivity index (χ1v) is 6.02. The Labute approximate surface area is 87.4 Å². The van der Waals surface area contributed by atoms with Gasteiger partial charge in [-0.2, -0.15) is 0 Å². The first kappa shape index (κ1) is 8.83. The number of thiazole rings is 1. The number of aromatic nitrogens is 1. The number of aliphatic hydroxyl groups is 1. The lowest BCUT2D eigenvalue weighted by molar-refractivity contribution is -0.116. The summed E-state index contributed by atoms with van der Waals surface area (Å²) in [6.45, 7) is 2.59. The maximum Gasteiger partial charge on any atom is 0.0928 e. The van der Waals surface area contributed by atoms with E-state index in [0.29, 0.717) is 5.92 Å². The predicted molar refractivity (Wildman–Crippen MR) is 55.1 cm³/mol. The highest BCUT2D eigenvalue weighted by Crippen LogP contribution is 2.44. The van der Waals surface area contributed by atoms with Crippen molar-refractivity contribution in [1.29, 1.82) is 0 Å². The quantitative estimate of drug-likeness (QED) is 0.811. The lowest BCUT2D eigenvalue weighted by Crippen LogP contribution is -2.62. The van der Waals surface area contributed by atoms with Crippen molar-refractivity contribution in [1.82, 2.24) is 9.88 Å². The zero-order valence-corrected chi connectivity index (χ0v) is 8.83. The molecule has 1 aromatic heterocycles. The third-order valence-electron chi connectivity index (χ3n) is 3.20. The summed E-state index contributed by atoms with van der Waals surface area (Å²) < 4.78 is 0. The van der Waals surface area contributed by atoms with Crippen LogP contribution in [-0.4, -0.2) is 33.7 Å². The van der Waals surface area contributed by atoms with E-state index in [0.717, 1.165) is 25.3 Å². The van der Waals surface area contributed by atoms with Crippen LogP contribution in [0.15, 0.2) is 10.9 Å². The molecule has 0 aromatic carbocycles. The molecule has 1 N–H and O–H groups in total. The highest BCUT2D eigenvalue weighted by Gasteiger charge is 2.51. The number of nitrogens with zero attached hydrogens (tertiary/aromatic N) is 2. The van der Waals surface area contributed by atoms with Crippen LogP contribution in [0.5, 0.6) is 0 Å². The van der Waals surface area contributed by atoms with E-state index in [2.05, 4.69) is 15.3 Å². The summed E-state index contributed by atoms with van der Waals surface area (Å²) in [6, 6.07) is 0. The fourth-order valence-corrected chi connectivity index (χ4v) is 2.81. The molecular weight excluding hydrogens is 196 g/mol. The van der Waals surface area contributed by atoms with E-state index in [1.807, 2.05) is 5.51 Å². The van der Waals surface area contributed by atoms with Gasteiger partial charge in [0.15, 0.2) is 0 Å². The smallest absolute Gasteiger partial charge is 0.0928 e. The van der Waals surface area contributed by atoms with Gasteiger partial charge in [-0.05, 0) is 18.8 Å². The molecule has 1 saturated heterocycles. The topological polar surface area (TPSA) is 36.4 Å². The van der Waals surface area contributed by atoms with E-state index < -0.39 is 0 Å². The molecule has 3 rings (SSSR count). The summed E-state index contributed by atoms with van der Waals surface area (Å²) in [5, 5.41) is 12.2. The van der Waals surface area contributed by atoms with Gasteiger partial charge in [-0.3, -0.25) is 4.90 Å². The van der Waals surface area contributed by atoms with E-state index in [1.165, 1.54) is 12.8 Å². The third-order valence-corrected chi connectivity index (χ3v) is 3.84. The molecule has 76 valence electrons. The van der Waals surface area contributed by atoms with Gasteiger partial charge in [0.05, 0.1) is 16.8 Å². The van der Waals surface area contributed by atoms with Crippen molar-refractivity contribution in [2.45, 2.75) is 25.0 Å². The second-order valence-electron chi connectivity index (χ2n) is 4.50. The molecule has 0 bridgehead atoms. The fourth-order valence-electron chi connectivity index (χ4n) is 2.26. The minimum Gasteiger partial charge on any atom is -0.387 e. The van der Waals surface area contributed by atoms with E-state index in [-0.39, 0.29) is 5.60 Å². The summed E-state index contributed by atoms with van der Waals surface area (Å²) in [5.41, 5.74) is 2.64. The Hall–Kier alpha value is -0.450. The van der Waals surface area contributed by atoms with Gasteiger partial charge in [-0.25, -0.2) is 4.98 Å². The van der Waals surface area contributed by atoms with Crippen molar-refractivity contribution in [3.63, 3.8) is 0 Å². The number of rotatable bonds is 3. The van der Waals surface area contributed by atoms with E-state index >= 15 is 0 Å². The normalized spacial score (nSPS) is 26.1. The summed E-state index contributed by atoms with van der Waals surface area (Å²) in [5.74, 6) is 0.592. The van der Waals surface area contributed by atoms with E-state index in [1.54, 1.807) is 11.3 Å². The van der Waals surface area contributed by atoms with Gasteiger partial charge in [-0.15, -0.1) is 11.3 Å². The SMILES string of the molecule is OC1(C2CC2)CN(Cc2cscn2)C1. The monoisotopic (exact) mass is 210 g/mol. The van der Waals surface area contributed by atoms with Crippen LogP contribution in [0.3, 0.4) is 0 Å². The second kappa shape index (κ2) is 3.02. The number of hydrogen-bond acceptors (Lipinski definition) is 4. The third kappa shape index (κ3) is 1.47. The van der Waals surface area contributed by atoms with E-state index in [9.17, 15) is 5.11 Å². The van der Waals surface area contributed by atoms with Crippen LogP contribution in [0.4, 0.5) is 0 Å². The molecule has 1 aliphatic heterocycles. The lowest BCUT2D eigenvalue weighted by Gasteiger charge is -2.46. The summed E-state index contributed by atoms with van der Waals surface area (Å²) in [4.78, 5) is 6.51. The molecule has 0 atom stereocenters. The van der Waals surface area contributed by atoms with Crippen LogP contribution in [0.1, 0.15) is 18.5 Å². The Balaban J connectivity index is 1.54. The Bertz CT molecular complexity index is 315. The van der Waals surface area contributed by atoms with Crippen LogP contribution in [0.25, 0.3) is 0 Å². The van der Waals surface area contributed by atoms with Gasteiger partial charge in [0.2, 0.25) is 0 Å². The zero-order chi connectivity index (χ0) is 9.60. The molecule has 0 unspecified atom stereocenters. The molecule has 1 aliphatic carbocycles. The number of β-amino-alcohol motifs (C(OH)–C–C–N with tert-alkyl or cyclic N) is 1. The molecule has 1 aromatic rings. The lowest BCUT2D eigenvalue weighted by atomic mass is 9.89. The van der Waals surface area contributed by atoms with Gasteiger partial charge in [0.25, 0.3) is 0 Å². The van der Waals surface area contributed by atoms with Gasteiger partial charge < -0.3 is 5.11 Å². The van der Waals surface area contributed by atoms with Gasteiger partial charge in [0, 0.05) is 25.0 Å². The summed E-state index contributed by atoms with van der Waals surface area (Å²) >= 11 is 1.63. The molecule has 0 amide bonds. The van der Waals surface area contributed by atoms with Crippen molar-refractivity contribution in [2.75, 3.05) is 13.1 Å². The average molecular weight is 210 g/mol. The predicted octanol–water partition coefficient (Wildman–Crippen LogP) is 1.10. The molecule has 1 saturated carbocycles. The average Bonchev–Trinajstić information content (AvgIpc) is 2.84. The van der Waals surface area contributed by atoms with Gasteiger partial charge in [-0.1, -0.05) is 0 Å². The molecule has 4 heteroatoms. The second-order valence-corrected chi connectivity index (χ2v) is 5.22. The first-order chi connectivity index (χ1) is 6.76. The standard InChI is InChI=1S/C10H14N2OS/c13-10(8-1-2-8)5-12(6-10)3-9-4-14-7-11-9/h4,7-8,13H,1-3,5-6H2. The van der Waals surface area contributed by atoms with Crippen molar-refractivity contribution in [3.05, 3.63) is 16.6 Å². The highest BCUT2D eigenvalue weighted by molar-refractivity contribution is 7.07. The van der Waals surface area contributed by atoms with Crippen molar-refractivity contribution >= 4 is 11.3 Å². The molecule has 2 aliphatic rings. The Morgan fingerprint density at radius 2 is 2.36 bits per heavy atom. The molecule has 2 heterocycles. The summed E-state index contributed by atoms with van der Waals surface area (Å²) in [6.07, 6.45) is 2.45. The van der Waals surface area contributed by atoms with Crippen LogP contribution < -0.4 is 0 Å². The largest absolute Gasteiger partial charge is 0.387 e. The number of likely N-dealkylation sites (tertiary alicyclic amines) is 1. The minimum absolute atomic E-state index is 0.351. The number of hydrogen-bond donors (Lipinski definition) is 1. The fraction of sp³-hybridized carbons (Fsp3) is 0.700. The first-order valence-electron chi connectivity index (χ1n) is 5.08. The molecular formula is C10H14N2OS. The molecule has 0 spiro atoms. The van der Waals surface area contributed by atoms with Crippen molar-refractivity contribution in [2.24, 2.45) is 5.92 Å². The molecule has 3 nitrogen and oxygen atoms in total. The Morgan fingerprint density at radius 1 is 1.57 bits per heavy atom. The van der Waals surface area contributed by atoms with Gasteiger partial charge in [0.1, 0.15) is 0 Å². The van der Waals surface area contributed by atoms with Crippen LogP contribution in [-0.2, 0) is 6.54 Å². The summed E-state index contributed by atoms with van der Waals surface area (Å²) in [7, 11) is 0. The minimum atomic E-state index is -0.351. The van der Waals surface area contributed by atoms with Crippen LogP contribution in [0, 0.1) is 5.92 Å².